The molecule has 2 N–H and O–H groups in total. The summed E-state index contributed by atoms with van der Waals surface area (Å²) >= 11 is 0. The van der Waals surface area contributed by atoms with Crippen molar-refractivity contribution in [1.82, 2.24) is 20.1 Å². The summed E-state index contributed by atoms with van der Waals surface area (Å²) in [4.78, 5) is 0. The van der Waals surface area contributed by atoms with E-state index in [1.165, 1.54) is 27.7 Å². The second-order valence-corrected chi connectivity index (χ2v) is 5.28. The van der Waals surface area contributed by atoms with Crippen LogP contribution in [0.25, 0.3) is 10.9 Å². The molecule has 0 saturated carbocycles. The molecule has 20 heavy (non-hydrogen) atoms. The van der Waals surface area contributed by atoms with E-state index in [4.69, 9.17) is 0 Å². The maximum atomic E-state index is 4.00. The van der Waals surface area contributed by atoms with Gasteiger partial charge in [0.05, 0.1) is 6.20 Å². The van der Waals surface area contributed by atoms with Crippen molar-refractivity contribution in [3.63, 3.8) is 0 Å². The average molecular weight is 268 g/mol. The molecule has 104 valence electrons. The van der Waals surface area contributed by atoms with Crippen LogP contribution in [0, 0.1) is 6.92 Å². The average Bonchev–Trinajstić information content (AvgIpc) is 3.07. The summed E-state index contributed by atoms with van der Waals surface area (Å²) in [5.41, 5.74) is 5.16. The van der Waals surface area contributed by atoms with Crippen molar-refractivity contribution in [3.8, 4) is 0 Å². The van der Waals surface area contributed by atoms with Crippen LogP contribution in [0.5, 0.6) is 0 Å². The van der Waals surface area contributed by atoms with Crippen molar-refractivity contribution in [2.24, 2.45) is 7.05 Å². The lowest BCUT2D eigenvalue weighted by Gasteiger charge is -2.13. The van der Waals surface area contributed by atoms with Crippen molar-refractivity contribution in [2.75, 3.05) is 0 Å². The number of H-pyrrole nitrogens is 1. The van der Waals surface area contributed by atoms with Crippen LogP contribution in [0.15, 0.2) is 36.7 Å². The van der Waals surface area contributed by atoms with Gasteiger partial charge in [0.25, 0.3) is 0 Å². The molecule has 1 unspecified atom stereocenters. The van der Waals surface area contributed by atoms with Crippen molar-refractivity contribution in [1.29, 1.82) is 0 Å². The van der Waals surface area contributed by atoms with Gasteiger partial charge < -0.3 is 9.88 Å². The van der Waals surface area contributed by atoms with E-state index < -0.39 is 0 Å². The molecule has 3 rings (SSSR count). The van der Waals surface area contributed by atoms with Crippen LogP contribution in [0.2, 0.25) is 0 Å². The molecule has 1 aromatic carbocycles. The molecule has 0 radical (unpaired) electrons. The summed E-state index contributed by atoms with van der Waals surface area (Å²) in [6, 6.07) is 8.83. The molecule has 4 nitrogen and oxygen atoms in total. The van der Waals surface area contributed by atoms with E-state index in [9.17, 15) is 0 Å². The van der Waals surface area contributed by atoms with E-state index in [1.54, 1.807) is 0 Å². The zero-order valence-corrected chi connectivity index (χ0v) is 12.1. The SMILES string of the molecule is Cc1c(CNC(C)c2cn[nH]c2)n(C)c2ccccc12. The molecule has 2 aromatic heterocycles. The van der Waals surface area contributed by atoms with Crippen molar-refractivity contribution < 1.29 is 0 Å². The number of para-hydroxylation sites is 1. The summed E-state index contributed by atoms with van der Waals surface area (Å²) in [7, 11) is 2.13. The minimum atomic E-state index is 0.283. The number of nitrogens with zero attached hydrogens (tertiary/aromatic N) is 2. The number of nitrogens with one attached hydrogen (secondary N) is 2. The van der Waals surface area contributed by atoms with Crippen LogP contribution in [0.3, 0.4) is 0 Å². The monoisotopic (exact) mass is 268 g/mol. The van der Waals surface area contributed by atoms with Gasteiger partial charge in [-0.3, -0.25) is 5.10 Å². The van der Waals surface area contributed by atoms with Gasteiger partial charge in [-0.2, -0.15) is 5.10 Å². The van der Waals surface area contributed by atoms with Gasteiger partial charge in [-0.1, -0.05) is 18.2 Å². The number of rotatable bonds is 4. The zero-order valence-electron chi connectivity index (χ0n) is 12.1. The molecule has 3 aromatic rings. The highest BCUT2D eigenvalue weighted by Gasteiger charge is 2.12. The first kappa shape index (κ1) is 12.9. The van der Waals surface area contributed by atoms with Gasteiger partial charge in [-0.05, 0) is 25.5 Å². The van der Waals surface area contributed by atoms with Crippen LogP contribution in [0.4, 0.5) is 0 Å². The molecule has 1 atom stereocenters. The number of hydrogen-bond donors (Lipinski definition) is 2. The molecule has 0 aliphatic carbocycles. The molecule has 0 aliphatic rings. The van der Waals surface area contributed by atoms with Crippen LogP contribution >= 0.6 is 0 Å². The Bertz CT molecular complexity index is 670. The quantitative estimate of drug-likeness (QED) is 0.764. The van der Waals surface area contributed by atoms with Gasteiger partial charge >= 0.3 is 0 Å². The van der Waals surface area contributed by atoms with Gasteiger partial charge in [0.15, 0.2) is 0 Å². The summed E-state index contributed by atoms with van der Waals surface area (Å²) in [6.45, 7) is 5.20. The largest absolute Gasteiger partial charge is 0.346 e. The predicted molar refractivity (Wildman–Crippen MR) is 81.5 cm³/mol. The van der Waals surface area contributed by atoms with Crippen molar-refractivity contribution >= 4 is 10.9 Å². The number of aryl methyl sites for hydroxylation is 2. The summed E-state index contributed by atoms with van der Waals surface area (Å²) in [5, 5.41) is 11.8. The fraction of sp³-hybridized carbons (Fsp3) is 0.312. The first-order valence-corrected chi connectivity index (χ1v) is 6.93. The topological polar surface area (TPSA) is 45.6 Å². The molecule has 4 heteroatoms. The maximum absolute atomic E-state index is 4.00. The Morgan fingerprint density at radius 1 is 1.35 bits per heavy atom. The number of benzene rings is 1. The van der Waals surface area contributed by atoms with E-state index in [0.717, 1.165) is 6.54 Å². The van der Waals surface area contributed by atoms with Gasteiger partial charge in [0.1, 0.15) is 0 Å². The molecular formula is C16H20N4. The van der Waals surface area contributed by atoms with E-state index >= 15 is 0 Å². The molecule has 0 spiro atoms. The first-order chi connectivity index (χ1) is 9.68. The summed E-state index contributed by atoms with van der Waals surface area (Å²) in [5.74, 6) is 0. The lowest BCUT2D eigenvalue weighted by molar-refractivity contribution is 0.558. The number of aromatic amines is 1. The van der Waals surface area contributed by atoms with Gasteiger partial charge in [0, 0.05) is 48.0 Å². The third kappa shape index (κ3) is 2.12. The van der Waals surface area contributed by atoms with Gasteiger partial charge in [-0.15, -0.1) is 0 Å². The summed E-state index contributed by atoms with van der Waals surface area (Å²) in [6.07, 6.45) is 3.80. The van der Waals surface area contributed by atoms with E-state index in [-0.39, 0.29) is 6.04 Å². The Labute approximate surface area is 118 Å². The molecule has 0 aliphatic heterocycles. The highest BCUT2D eigenvalue weighted by Crippen LogP contribution is 2.24. The minimum absolute atomic E-state index is 0.283. The first-order valence-electron chi connectivity index (χ1n) is 6.93. The fourth-order valence-corrected chi connectivity index (χ4v) is 2.75. The second-order valence-electron chi connectivity index (χ2n) is 5.28. The van der Waals surface area contributed by atoms with Gasteiger partial charge in [-0.25, -0.2) is 0 Å². The van der Waals surface area contributed by atoms with Crippen molar-refractivity contribution in [2.45, 2.75) is 26.4 Å². The highest BCUT2D eigenvalue weighted by atomic mass is 15.1. The Morgan fingerprint density at radius 2 is 2.15 bits per heavy atom. The van der Waals surface area contributed by atoms with Crippen LogP contribution in [-0.2, 0) is 13.6 Å². The predicted octanol–water partition coefficient (Wildman–Crippen LogP) is 3.06. The Kier molecular flexibility index (Phi) is 3.32. The molecule has 0 amide bonds. The van der Waals surface area contributed by atoms with E-state index in [0.29, 0.717) is 0 Å². The molecule has 0 saturated heterocycles. The number of aromatic nitrogens is 3. The third-order valence-corrected chi connectivity index (χ3v) is 4.10. The second kappa shape index (κ2) is 5.13. The highest BCUT2D eigenvalue weighted by molar-refractivity contribution is 5.85. The Morgan fingerprint density at radius 3 is 2.85 bits per heavy atom. The van der Waals surface area contributed by atoms with Crippen LogP contribution < -0.4 is 5.32 Å². The Hall–Kier alpha value is -2.07. The fourth-order valence-electron chi connectivity index (χ4n) is 2.75. The van der Waals surface area contributed by atoms with Gasteiger partial charge in [0.2, 0.25) is 0 Å². The number of hydrogen-bond acceptors (Lipinski definition) is 2. The van der Waals surface area contributed by atoms with E-state index in [2.05, 4.69) is 65.2 Å². The molecule has 0 fully saturated rings. The normalized spacial score (nSPS) is 12.9. The smallest absolute Gasteiger partial charge is 0.0534 e. The van der Waals surface area contributed by atoms with Crippen LogP contribution in [0.1, 0.15) is 29.8 Å². The standard InChI is InChI=1S/C16H20N4/c1-11-14-6-4-5-7-15(14)20(3)16(11)10-17-12(2)13-8-18-19-9-13/h4-9,12,17H,10H2,1-3H3,(H,18,19). The van der Waals surface area contributed by atoms with Crippen LogP contribution in [-0.4, -0.2) is 14.8 Å². The lowest BCUT2D eigenvalue weighted by Crippen LogP contribution is -2.19. The van der Waals surface area contributed by atoms with Crippen molar-refractivity contribution in [3.05, 3.63) is 53.5 Å². The molecule has 0 bridgehead atoms. The maximum Gasteiger partial charge on any atom is 0.0534 e. The Balaban J connectivity index is 1.84. The third-order valence-electron chi connectivity index (χ3n) is 4.10. The minimum Gasteiger partial charge on any atom is -0.346 e. The number of fused-ring (bicyclic) bond motifs is 1. The molecule has 2 heterocycles. The lowest BCUT2D eigenvalue weighted by atomic mass is 10.1. The molecular weight excluding hydrogens is 248 g/mol. The van der Waals surface area contributed by atoms with E-state index in [1.807, 2.05) is 12.4 Å². The zero-order chi connectivity index (χ0) is 14.1. The summed E-state index contributed by atoms with van der Waals surface area (Å²) < 4.78 is 2.28.